The minimum absolute atomic E-state index is 0.136. The van der Waals surface area contributed by atoms with Gasteiger partial charge in [-0.15, -0.1) is 0 Å². The van der Waals surface area contributed by atoms with Crippen LogP contribution in [-0.4, -0.2) is 9.48 Å². The summed E-state index contributed by atoms with van der Waals surface area (Å²) >= 11 is 1.57. The van der Waals surface area contributed by atoms with Gasteiger partial charge in [0, 0.05) is 10.4 Å². The van der Waals surface area contributed by atoms with Crippen LogP contribution in [0.1, 0.15) is 48.2 Å². The molecule has 1 N–H and O–H groups in total. The summed E-state index contributed by atoms with van der Waals surface area (Å²) < 4.78 is 4.34. The van der Waals surface area contributed by atoms with Crippen molar-refractivity contribution in [3.8, 4) is 0 Å². The first-order valence-electron chi connectivity index (χ1n) is 5.44. The summed E-state index contributed by atoms with van der Waals surface area (Å²) in [5, 5.41) is 9.32. The van der Waals surface area contributed by atoms with Gasteiger partial charge >= 0.3 is 0 Å². The summed E-state index contributed by atoms with van der Waals surface area (Å²) in [5.41, 5.74) is 3.57. The lowest BCUT2D eigenvalue weighted by Crippen LogP contribution is -2.04. The lowest BCUT2D eigenvalue weighted by Gasteiger charge is -2.19. The summed E-state index contributed by atoms with van der Waals surface area (Å²) in [6, 6.07) is 0. The van der Waals surface area contributed by atoms with Crippen molar-refractivity contribution >= 4 is 11.5 Å². The molecule has 0 aliphatic heterocycles. The van der Waals surface area contributed by atoms with Crippen LogP contribution in [-0.2, 0) is 6.61 Å². The third-order valence-corrected chi connectivity index (χ3v) is 4.32. The summed E-state index contributed by atoms with van der Waals surface area (Å²) in [7, 11) is 0. The molecule has 1 aliphatic rings. The molecular formula is C12H17NOS. The van der Waals surface area contributed by atoms with Gasteiger partial charge in [-0.2, -0.15) is 4.37 Å². The molecule has 2 nitrogen and oxygen atoms in total. The van der Waals surface area contributed by atoms with Crippen molar-refractivity contribution in [1.29, 1.82) is 0 Å². The van der Waals surface area contributed by atoms with E-state index < -0.39 is 0 Å². The van der Waals surface area contributed by atoms with E-state index in [0.717, 1.165) is 17.7 Å². The number of aliphatic hydroxyl groups excluding tert-OH is 1. The first-order valence-corrected chi connectivity index (χ1v) is 6.21. The van der Waals surface area contributed by atoms with E-state index in [2.05, 4.69) is 17.4 Å². The third kappa shape index (κ3) is 2.13. The van der Waals surface area contributed by atoms with E-state index in [1.807, 2.05) is 6.92 Å². The van der Waals surface area contributed by atoms with Crippen LogP contribution in [0.3, 0.4) is 0 Å². The molecule has 0 saturated carbocycles. The Balaban J connectivity index is 2.23. The summed E-state index contributed by atoms with van der Waals surface area (Å²) in [5.74, 6) is 0.585. The molecule has 0 saturated heterocycles. The molecule has 1 aromatic heterocycles. The Kier molecular flexibility index (Phi) is 3.22. The molecule has 0 radical (unpaired) electrons. The van der Waals surface area contributed by atoms with Crippen molar-refractivity contribution in [2.24, 2.45) is 0 Å². The van der Waals surface area contributed by atoms with Crippen LogP contribution in [0.25, 0.3) is 0 Å². The zero-order chi connectivity index (χ0) is 10.8. The molecule has 1 atom stereocenters. The number of aliphatic hydroxyl groups is 1. The molecule has 0 amide bonds. The topological polar surface area (TPSA) is 33.1 Å². The molecule has 3 heteroatoms. The molecule has 0 fully saturated rings. The van der Waals surface area contributed by atoms with E-state index in [0.29, 0.717) is 5.92 Å². The molecule has 0 bridgehead atoms. The molecule has 15 heavy (non-hydrogen) atoms. The van der Waals surface area contributed by atoms with Crippen LogP contribution >= 0.6 is 11.5 Å². The molecule has 1 aliphatic carbocycles. The summed E-state index contributed by atoms with van der Waals surface area (Å²) in [6.07, 6.45) is 5.83. The summed E-state index contributed by atoms with van der Waals surface area (Å²) in [4.78, 5) is 1.30. The maximum Gasteiger partial charge on any atom is 0.0711 e. The Morgan fingerprint density at radius 1 is 1.53 bits per heavy atom. The van der Waals surface area contributed by atoms with Gasteiger partial charge in [0.1, 0.15) is 0 Å². The van der Waals surface area contributed by atoms with E-state index >= 15 is 0 Å². The van der Waals surface area contributed by atoms with Crippen molar-refractivity contribution in [3.63, 3.8) is 0 Å². The van der Waals surface area contributed by atoms with Gasteiger partial charge < -0.3 is 5.11 Å². The lowest BCUT2D eigenvalue weighted by molar-refractivity contribution is 0.279. The minimum atomic E-state index is 0.136. The van der Waals surface area contributed by atoms with Crippen LogP contribution in [0.5, 0.6) is 0 Å². The quantitative estimate of drug-likeness (QED) is 0.781. The number of nitrogens with zero attached hydrogens (tertiary/aromatic N) is 1. The average Bonchev–Trinajstić information content (AvgIpc) is 2.61. The van der Waals surface area contributed by atoms with Crippen LogP contribution in [0.15, 0.2) is 11.6 Å². The van der Waals surface area contributed by atoms with Crippen molar-refractivity contribution in [2.75, 3.05) is 0 Å². The fraction of sp³-hybridized carbons (Fsp3) is 0.583. The molecule has 1 unspecified atom stereocenters. The van der Waals surface area contributed by atoms with Crippen LogP contribution in [0.2, 0.25) is 0 Å². The number of rotatable bonds is 2. The van der Waals surface area contributed by atoms with E-state index in [1.54, 1.807) is 11.5 Å². The Morgan fingerprint density at radius 2 is 2.33 bits per heavy atom. The van der Waals surface area contributed by atoms with E-state index in [1.165, 1.54) is 23.3 Å². The SMILES string of the molecule is CC1=CCC(c2snc(C)c2CO)CC1. The van der Waals surface area contributed by atoms with Gasteiger partial charge in [0.25, 0.3) is 0 Å². The molecule has 2 rings (SSSR count). The molecule has 1 aromatic rings. The van der Waals surface area contributed by atoms with E-state index in [4.69, 9.17) is 0 Å². The van der Waals surface area contributed by atoms with Gasteiger partial charge in [0.05, 0.1) is 12.3 Å². The van der Waals surface area contributed by atoms with Gasteiger partial charge in [0.2, 0.25) is 0 Å². The number of aryl methyl sites for hydroxylation is 1. The largest absolute Gasteiger partial charge is 0.392 e. The van der Waals surface area contributed by atoms with Gasteiger partial charge in [-0.25, -0.2) is 0 Å². The molecule has 0 spiro atoms. The van der Waals surface area contributed by atoms with Crippen LogP contribution in [0, 0.1) is 6.92 Å². The monoisotopic (exact) mass is 223 g/mol. The first kappa shape index (κ1) is 10.8. The maximum atomic E-state index is 9.32. The van der Waals surface area contributed by atoms with Crippen molar-refractivity contribution in [2.45, 2.75) is 45.6 Å². The van der Waals surface area contributed by atoms with E-state index in [-0.39, 0.29) is 6.61 Å². The highest BCUT2D eigenvalue weighted by molar-refractivity contribution is 7.06. The van der Waals surface area contributed by atoms with Crippen LogP contribution in [0.4, 0.5) is 0 Å². The molecule has 82 valence electrons. The second kappa shape index (κ2) is 4.45. The Bertz CT molecular complexity index is 381. The van der Waals surface area contributed by atoms with Gasteiger partial charge in [-0.3, -0.25) is 0 Å². The van der Waals surface area contributed by atoms with Crippen molar-refractivity contribution in [3.05, 3.63) is 27.8 Å². The fourth-order valence-corrected chi connectivity index (χ4v) is 3.15. The number of hydrogen-bond donors (Lipinski definition) is 1. The lowest BCUT2D eigenvalue weighted by atomic mass is 9.87. The fourth-order valence-electron chi connectivity index (χ4n) is 2.12. The zero-order valence-electron chi connectivity index (χ0n) is 9.29. The second-order valence-corrected chi connectivity index (χ2v) is 5.10. The standard InChI is InChI=1S/C12H17NOS/c1-8-3-5-10(6-4-8)12-11(7-14)9(2)13-15-12/h3,10,14H,4-7H2,1-2H3. The van der Waals surface area contributed by atoms with Crippen molar-refractivity contribution < 1.29 is 5.11 Å². The predicted octanol–water partition coefficient (Wildman–Crippen LogP) is 3.16. The smallest absolute Gasteiger partial charge is 0.0711 e. The van der Waals surface area contributed by atoms with Crippen LogP contribution < -0.4 is 0 Å². The highest BCUT2D eigenvalue weighted by atomic mass is 32.1. The van der Waals surface area contributed by atoms with Gasteiger partial charge in [-0.1, -0.05) is 11.6 Å². The Morgan fingerprint density at radius 3 is 2.93 bits per heavy atom. The van der Waals surface area contributed by atoms with Crippen molar-refractivity contribution in [1.82, 2.24) is 4.37 Å². The van der Waals surface area contributed by atoms with E-state index in [9.17, 15) is 5.11 Å². The van der Waals surface area contributed by atoms with Gasteiger partial charge in [0.15, 0.2) is 0 Å². The molecular weight excluding hydrogens is 206 g/mol. The predicted molar refractivity (Wildman–Crippen MR) is 63.1 cm³/mol. The maximum absolute atomic E-state index is 9.32. The minimum Gasteiger partial charge on any atom is -0.392 e. The highest BCUT2D eigenvalue weighted by Gasteiger charge is 2.21. The number of allylic oxidation sites excluding steroid dienone is 2. The highest BCUT2D eigenvalue weighted by Crippen LogP contribution is 2.36. The first-order chi connectivity index (χ1) is 7.22. The Labute approximate surface area is 94.8 Å². The molecule has 1 heterocycles. The number of aromatic nitrogens is 1. The normalized spacial score (nSPS) is 21.5. The second-order valence-electron chi connectivity index (χ2n) is 4.29. The van der Waals surface area contributed by atoms with Gasteiger partial charge in [-0.05, 0) is 50.6 Å². The third-order valence-electron chi connectivity index (χ3n) is 3.18. The zero-order valence-corrected chi connectivity index (χ0v) is 10.1. The Hall–Kier alpha value is -0.670. The summed E-state index contributed by atoms with van der Waals surface area (Å²) in [6.45, 7) is 4.31. The molecule has 0 aromatic carbocycles. The number of hydrogen-bond acceptors (Lipinski definition) is 3. The average molecular weight is 223 g/mol.